The van der Waals surface area contributed by atoms with Crippen LogP contribution < -0.4 is 75.4 Å². The number of alkyl halides is 6. The van der Waals surface area contributed by atoms with Crippen LogP contribution in [0, 0.1) is 0 Å². The van der Waals surface area contributed by atoms with Crippen LogP contribution in [0.25, 0.3) is 22.3 Å². The molecule has 1 amide bonds. The van der Waals surface area contributed by atoms with Crippen molar-refractivity contribution in [2.24, 2.45) is 5.73 Å². The first-order valence-electron chi connectivity index (χ1n) is 17.0. The minimum atomic E-state index is -4.72. The molecule has 61 heavy (non-hydrogen) atoms. The summed E-state index contributed by atoms with van der Waals surface area (Å²) < 4.78 is 81.3. The molecule has 22 heteroatoms. The number of nitrogens with two attached hydrogens (primary N) is 1. The zero-order valence-electron chi connectivity index (χ0n) is 33.2. The van der Waals surface area contributed by atoms with Gasteiger partial charge in [-0.1, -0.05) is 97.1 Å². The first-order chi connectivity index (χ1) is 27.8. The molecule has 0 radical (unpaired) electrons. The molecule has 0 saturated heterocycles. The predicted molar refractivity (Wildman–Crippen MR) is 196 cm³/mol. The van der Waals surface area contributed by atoms with Crippen LogP contribution in [-0.4, -0.2) is 77.8 Å². The molecule has 5 N–H and O–H groups in total. The van der Waals surface area contributed by atoms with Crippen LogP contribution in [0.4, 0.5) is 35.9 Å². The zero-order valence-corrected chi connectivity index (χ0v) is 37.0. The van der Waals surface area contributed by atoms with Crippen molar-refractivity contribution in [2.45, 2.75) is 49.1 Å². The molecule has 2 unspecified atom stereocenters. The maximum Gasteiger partial charge on any atom is 1.00 e. The van der Waals surface area contributed by atoms with Crippen LogP contribution >= 0.6 is 11.6 Å². The van der Waals surface area contributed by atoms with Crippen molar-refractivity contribution < 1.29 is 141 Å². The Morgan fingerprint density at radius 1 is 0.689 bits per heavy atom. The van der Waals surface area contributed by atoms with Crippen molar-refractivity contribution >= 4 is 41.5 Å². The Bertz CT molecular complexity index is 2010. The average molecular weight is 903 g/mol. The summed E-state index contributed by atoms with van der Waals surface area (Å²) in [6.07, 6.45) is -13.6. The van der Waals surface area contributed by atoms with Gasteiger partial charge in [-0.15, -0.1) is 0 Å². The zero-order chi connectivity index (χ0) is 43.9. The number of carbonyl (C=O) groups is 5. The number of rotatable bonds is 10. The second-order valence-corrected chi connectivity index (χ2v) is 12.7. The summed E-state index contributed by atoms with van der Waals surface area (Å²) in [5.41, 5.74) is 12.5. The SMILES string of the molecule is NC(CC(F)(F)F)C(=O)O.O=C(Cl)OCC1c2ccccc2-c2ccccc21.O=C(NC(CC(F)(F)F)C(=O)O)OCC1c2ccccc2-c2ccccc21.O=CO[O-].[H-].[Na+].[Na+]. The summed E-state index contributed by atoms with van der Waals surface area (Å²) in [5, 5.41) is 27.0. The number of nitrogens with one attached hydrogen (secondary N) is 1. The number of hydrogen-bond donors (Lipinski definition) is 4. The molecule has 4 aromatic rings. The third-order valence-corrected chi connectivity index (χ3v) is 8.61. The second kappa shape index (κ2) is 25.7. The molecule has 0 heterocycles. The quantitative estimate of drug-likeness (QED) is 0.0439. The van der Waals surface area contributed by atoms with Crippen LogP contribution in [-0.2, 0) is 28.7 Å². The van der Waals surface area contributed by atoms with E-state index < -0.39 is 60.7 Å². The molecular formula is C39H35ClF6N2Na2O11. The van der Waals surface area contributed by atoms with E-state index in [1.54, 1.807) is 5.32 Å². The number of carbonyl (C=O) groups excluding carboxylic acids is 3. The number of aliphatic carboxylic acids is 2. The summed E-state index contributed by atoms with van der Waals surface area (Å²) in [6, 6.07) is 27.6. The van der Waals surface area contributed by atoms with E-state index in [4.69, 9.17) is 41.3 Å². The van der Waals surface area contributed by atoms with Crippen molar-refractivity contribution in [3.63, 3.8) is 0 Å². The Balaban J connectivity index is 0.000000920. The topological polar surface area (TPSA) is 215 Å². The number of amides is 1. The van der Waals surface area contributed by atoms with Crippen molar-refractivity contribution in [2.75, 3.05) is 13.2 Å². The van der Waals surface area contributed by atoms with Crippen molar-refractivity contribution in [1.82, 2.24) is 5.32 Å². The molecule has 0 bridgehead atoms. The monoisotopic (exact) mass is 902 g/mol. The van der Waals surface area contributed by atoms with E-state index in [-0.39, 0.29) is 92.1 Å². The Labute approximate surface area is 394 Å². The summed E-state index contributed by atoms with van der Waals surface area (Å²) in [5.74, 6) is -3.60. The van der Waals surface area contributed by atoms with E-state index in [1.807, 2.05) is 72.8 Å². The van der Waals surface area contributed by atoms with E-state index in [0.717, 1.165) is 22.3 Å². The number of carboxylic acid groups (broad SMARTS) is 2. The van der Waals surface area contributed by atoms with Crippen LogP contribution in [0.1, 0.15) is 48.4 Å². The van der Waals surface area contributed by atoms with Gasteiger partial charge in [0.15, 0.2) is 0 Å². The predicted octanol–water partition coefficient (Wildman–Crippen LogP) is 1.01. The molecule has 2 aliphatic carbocycles. The van der Waals surface area contributed by atoms with Gasteiger partial charge in [0.05, 0.1) is 12.8 Å². The molecule has 4 aromatic carbocycles. The average Bonchev–Trinajstić information content (AvgIpc) is 3.67. The molecule has 0 aliphatic heterocycles. The van der Waals surface area contributed by atoms with Gasteiger partial charge >= 0.3 is 94.9 Å². The number of halogens is 7. The first kappa shape index (κ1) is 54.8. The number of carboxylic acids is 2. The van der Waals surface area contributed by atoms with Gasteiger partial charge in [-0.2, -0.15) is 26.3 Å². The Hall–Kier alpha value is -4.18. The van der Waals surface area contributed by atoms with Crippen molar-refractivity contribution in [3.8, 4) is 22.3 Å². The first-order valence-corrected chi connectivity index (χ1v) is 17.3. The van der Waals surface area contributed by atoms with Gasteiger partial charge in [-0.05, 0) is 44.5 Å². The molecule has 0 fully saturated rings. The largest absolute Gasteiger partial charge is 1.00 e. The van der Waals surface area contributed by atoms with Gasteiger partial charge in [-0.3, -0.25) is 9.59 Å². The van der Waals surface area contributed by atoms with Crippen LogP contribution in [0.2, 0.25) is 0 Å². The van der Waals surface area contributed by atoms with E-state index in [1.165, 1.54) is 22.3 Å². The summed E-state index contributed by atoms with van der Waals surface area (Å²) in [6.45, 7) is -0.00538. The summed E-state index contributed by atoms with van der Waals surface area (Å²) >= 11 is 5.25. The minimum absolute atomic E-state index is 0. The Morgan fingerprint density at radius 2 is 1.02 bits per heavy atom. The maximum atomic E-state index is 12.4. The molecule has 6 rings (SSSR count). The molecule has 0 aromatic heterocycles. The molecule has 2 atom stereocenters. The minimum Gasteiger partial charge on any atom is -1.00 e. The van der Waals surface area contributed by atoms with Crippen LogP contribution in [0.3, 0.4) is 0 Å². The van der Waals surface area contributed by atoms with Crippen LogP contribution in [0.5, 0.6) is 0 Å². The normalized spacial score (nSPS) is 12.9. The fourth-order valence-electron chi connectivity index (χ4n) is 6.14. The van der Waals surface area contributed by atoms with Gasteiger partial charge in [0.25, 0.3) is 6.47 Å². The fourth-order valence-corrected chi connectivity index (χ4v) is 6.20. The second-order valence-electron chi connectivity index (χ2n) is 12.4. The molecule has 318 valence electrons. The third-order valence-electron chi connectivity index (χ3n) is 8.50. The van der Waals surface area contributed by atoms with Gasteiger partial charge in [-0.25, -0.2) is 14.4 Å². The number of alkyl carbamates (subject to hydrolysis) is 1. The standard InChI is InChI=1S/C19H16F3NO4.C15H11ClO2.C4H6F3NO2.CH2O3.2Na.H/c20-19(21,22)9-16(17(24)25)23-18(26)27-10-15-13-7-3-1-5-11(13)12-6-2-4-8-14(12)15;16-15(17)18-9-14-12-7-3-1-5-10(12)11-6-2-4-8-13(11)14;5-4(6,7)1-2(8)3(9)10;2-1-4-3;;;/h1-8,15-16H,9-10H2,(H,23,26)(H,24,25);1-8,14H,9H2;2H,1,8H2,(H,9,10);1,3H;;;/q;;;;2*+1;-1/p-1. The number of hydrogen-bond acceptors (Lipinski definition) is 10. The van der Waals surface area contributed by atoms with Crippen LogP contribution in [0.15, 0.2) is 97.1 Å². The molecule has 0 saturated carbocycles. The smallest absolute Gasteiger partial charge is 1.00 e. The molecular weight excluding hydrogens is 868 g/mol. The Kier molecular flexibility index (Phi) is 23.1. The van der Waals surface area contributed by atoms with E-state index in [2.05, 4.69) is 34.9 Å². The van der Waals surface area contributed by atoms with Gasteiger partial charge < -0.3 is 42.3 Å². The number of fused-ring (bicyclic) bond motifs is 6. The number of benzene rings is 4. The molecule has 13 nitrogen and oxygen atoms in total. The molecule has 0 spiro atoms. The van der Waals surface area contributed by atoms with Gasteiger partial charge in [0.2, 0.25) is 0 Å². The Morgan fingerprint density at radius 3 is 1.28 bits per heavy atom. The molecule has 2 aliphatic rings. The fraction of sp³-hybridized carbons (Fsp3) is 0.256. The third kappa shape index (κ3) is 17.2. The van der Waals surface area contributed by atoms with Gasteiger partial charge in [0, 0.05) is 23.4 Å². The van der Waals surface area contributed by atoms with E-state index >= 15 is 0 Å². The van der Waals surface area contributed by atoms with Crippen molar-refractivity contribution in [1.29, 1.82) is 0 Å². The summed E-state index contributed by atoms with van der Waals surface area (Å²) in [4.78, 5) is 54.6. The maximum absolute atomic E-state index is 12.4. The van der Waals surface area contributed by atoms with E-state index in [9.17, 15) is 45.5 Å². The summed E-state index contributed by atoms with van der Waals surface area (Å²) in [7, 11) is 0. The van der Waals surface area contributed by atoms with Crippen molar-refractivity contribution in [3.05, 3.63) is 119 Å². The van der Waals surface area contributed by atoms with Gasteiger partial charge in [0.1, 0.15) is 25.3 Å². The number of ether oxygens (including phenoxy) is 2. The van der Waals surface area contributed by atoms with E-state index in [0.29, 0.717) is 0 Å².